The van der Waals surface area contributed by atoms with Crippen LogP contribution in [0, 0.1) is 10.1 Å². The topological polar surface area (TPSA) is 92.5 Å². The summed E-state index contributed by atoms with van der Waals surface area (Å²) in [5, 5.41) is 23.1. The fourth-order valence-corrected chi connectivity index (χ4v) is 2.71. The van der Waals surface area contributed by atoms with Gasteiger partial charge in [-0.05, 0) is 18.2 Å². The second kappa shape index (κ2) is 6.66. The van der Waals surface area contributed by atoms with Crippen LogP contribution in [0.1, 0.15) is 21.3 Å². The molecule has 0 saturated carbocycles. The Labute approximate surface area is 129 Å². The molecule has 1 heterocycles. The van der Waals surface area contributed by atoms with Crippen molar-refractivity contribution in [3.8, 4) is 0 Å². The number of hydrogen-bond donors (Lipinski definition) is 2. The number of rotatable bonds is 5. The summed E-state index contributed by atoms with van der Waals surface area (Å²) in [4.78, 5) is 22.6. The maximum absolute atomic E-state index is 11.9. The molecule has 0 saturated heterocycles. The van der Waals surface area contributed by atoms with Crippen LogP contribution in [0.2, 0.25) is 4.34 Å². The first kappa shape index (κ1) is 15.4. The van der Waals surface area contributed by atoms with Gasteiger partial charge in [-0.2, -0.15) is 0 Å². The minimum absolute atomic E-state index is 0.00162. The van der Waals surface area contributed by atoms with Gasteiger partial charge in [-0.1, -0.05) is 17.7 Å². The quantitative estimate of drug-likeness (QED) is 0.652. The SMILES string of the molecule is O=C(NC[C@@H](O)c1ccc(Cl)s1)c1cccc([N+](=O)[O-])c1. The normalized spacial score (nSPS) is 11.9. The van der Waals surface area contributed by atoms with Crippen molar-refractivity contribution in [3.05, 3.63) is 61.3 Å². The van der Waals surface area contributed by atoms with Crippen LogP contribution in [0.3, 0.4) is 0 Å². The first-order valence-electron chi connectivity index (χ1n) is 5.93. The van der Waals surface area contributed by atoms with Gasteiger partial charge in [-0.15, -0.1) is 11.3 Å². The fourth-order valence-electron chi connectivity index (χ4n) is 1.66. The zero-order valence-electron chi connectivity index (χ0n) is 10.7. The molecule has 1 aromatic heterocycles. The Morgan fingerprint density at radius 3 is 2.81 bits per heavy atom. The van der Waals surface area contributed by atoms with Crippen LogP contribution in [-0.2, 0) is 0 Å². The molecule has 0 spiro atoms. The van der Waals surface area contributed by atoms with Gasteiger partial charge in [0.15, 0.2) is 0 Å². The lowest BCUT2D eigenvalue weighted by atomic mass is 10.2. The van der Waals surface area contributed by atoms with Gasteiger partial charge in [0.1, 0.15) is 6.10 Å². The third-order valence-electron chi connectivity index (χ3n) is 2.70. The monoisotopic (exact) mass is 326 g/mol. The van der Waals surface area contributed by atoms with Crippen LogP contribution in [0.15, 0.2) is 36.4 Å². The fraction of sp³-hybridized carbons (Fsp3) is 0.154. The molecule has 0 bridgehead atoms. The molecule has 6 nitrogen and oxygen atoms in total. The highest BCUT2D eigenvalue weighted by Gasteiger charge is 2.14. The van der Waals surface area contributed by atoms with E-state index in [1.807, 2.05) is 0 Å². The summed E-state index contributed by atoms with van der Waals surface area (Å²) in [6.07, 6.45) is -0.870. The van der Waals surface area contributed by atoms with Gasteiger partial charge in [0.2, 0.25) is 0 Å². The Bertz CT molecular complexity index is 674. The molecule has 8 heteroatoms. The van der Waals surface area contributed by atoms with Gasteiger partial charge >= 0.3 is 0 Å². The number of non-ortho nitro benzene ring substituents is 1. The Balaban J connectivity index is 1.98. The van der Waals surface area contributed by atoms with Crippen molar-refractivity contribution in [2.75, 3.05) is 6.54 Å². The largest absolute Gasteiger partial charge is 0.386 e. The molecule has 1 atom stereocenters. The summed E-state index contributed by atoms with van der Waals surface area (Å²) in [5.41, 5.74) is 0.00819. The Hall–Kier alpha value is -1.96. The lowest BCUT2D eigenvalue weighted by molar-refractivity contribution is -0.384. The third-order valence-corrected chi connectivity index (χ3v) is 4.03. The number of benzene rings is 1. The second-order valence-electron chi connectivity index (χ2n) is 4.18. The molecule has 0 fully saturated rings. The summed E-state index contributed by atoms with van der Waals surface area (Å²) < 4.78 is 0.550. The van der Waals surface area contributed by atoms with Crippen LogP contribution < -0.4 is 5.32 Å². The van der Waals surface area contributed by atoms with Crippen molar-refractivity contribution in [2.24, 2.45) is 0 Å². The number of nitro benzene ring substituents is 1. The van der Waals surface area contributed by atoms with E-state index in [2.05, 4.69) is 5.32 Å². The average molecular weight is 327 g/mol. The van der Waals surface area contributed by atoms with E-state index in [9.17, 15) is 20.0 Å². The lowest BCUT2D eigenvalue weighted by Crippen LogP contribution is -2.28. The summed E-state index contributed by atoms with van der Waals surface area (Å²) in [6, 6.07) is 8.73. The van der Waals surface area contributed by atoms with Gasteiger partial charge < -0.3 is 10.4 Å². The number of nitro groups is 1. The standard InChI is InChI=1S/C13H11ClN2O4S/c14-12-5-4-11(21-12)10(17)7-15-13(18)8-2-1-3-9(6-8)16(19)20/h1-6,10,17H,7H2,(H,15,18)/t10-/m1/s1. The van der Waals surface area contributed by atoms with Crippen molar-refractivity contribution >= 4 is 34.5 Å². The average Bonchev–Trinajstić information content (AvgIpc) is 2.91. The van der Waals surface area contributed by atoms with Crippen LogP contribution in [0.25, 0.3) is 0 Å². The molecule has 0 aliphatic rings. The third kappa shape index (κ3) is 4.01. The molecule has 110 valence electrons. The highest BCUT2D eigenvalue weighted by molar-refractivity contribution is 7.16. The highest BCUT2D eigenvalue weighted by atomic mass is 35.5. The van der Waals surface area contributed by atoms with Crippen molar-refractivity contribution in [1.82, 2.24) is 5.32 Å². The van der Waals surface area contributed by atoms with E-state index in [1.165, 1.54) is 35.6 Å². The van der Waals surface area contributed by atoms with E-state index in [1.54, 1.807) is 12.1 Å². The number of aliphatic hydroxyl groups excluding tert-OH is 1. The molecule has 2 rings (SSSR count). The van der Waals surface area contributed by atoms with Crippen LogP contribution in [-0.4, -0.2) is 22.5 Å². The van der Waals surface area contributed by atoms with Crippen LogP contribution in [0.5, 0.6) is 0 Å². The van der Waals surface area contributed by atoms with E-state index in [4.69, 9.17) is 11.6 Å². The van der Waals surface area contributed by atoms with E-state index < -0.39 is 16.9 Å². The van der Waals surface area contributed by atoms with Crippen LogP contribution in [0.4, 0.5) is 5.69 Å². The molecule has 0 aliphatic carbocycles. The Morgan fingerprint density at radius 1 is 1.43 bits per heavy atom. The molecule has 0 radical (unpaired) electrons. The minimum Gasteiger partial charge on any atom is -0.386 e. The number of nitrogens with one attached hydrogen (secondary N) is 1. The summed E-state index contributed by atoms with van der Waals surface area (Å²) in [6.45, 7) is -0.00162. The predicted molar refractivity (Wildman–Crippen MR) is 79.7 cm³/mol. The van der Waals surface area contributed by atoms with Gasteiger partial charge in [-0.25, -0.2) is 0 Å². The molecule has 21 heavy (non-hydrogen) atoms. The predicted octanol–water partition coefficient (Wildman–Crippen LogP) is 2.77. The molecule has 0 aliphatic heterocycles. The van der Waals surface area contributed by atoms with Crippen molar-refractivity contribution in [1.29, 1.82) is 0 Å². The molecule has 1 aromatic carbocycles. The van der Waals surface area contributed by atoms with Crippen molar-refractivity contribution in [3.63, 3.8) is 0 Å². The number of hydrogen-bond acceptors (Lipinski definition) is 5. The zero-order valence-corrected chi connectivity index (χ0v) is 12.2. The smallest absolute Gasteiger partial charge is 0.270 e. The van der Waals surface area contributed by atoms with Crippen molar-refractivity contribution < 1.29 is 14.8 Å². The summed E-state index contributed by atoms with van der Waals surface area (Å²) >= 11 is 6.99. The maximum Gasteiger partial charge on any atom is 0.270 e. The second-order valence-corrected chi connectivity index (χ2v) is 5.92. The Kier molecular flexibility index (Phi) is 4.89. The Morgan fingerprint density at radius 2 is 2.19 bits per heavy atom. The van der Waals surface area contributed by atoms with Gasteiger partial charge in [0.25, 0.3) is 11.6 Å². The number of amides is 1. The maximum atomic E-state index is 11.9. The first-order chi connectivity index (χ1) is 9.97. The molecule has 2 aromatic rings. The summed E-state index contributed by atoms with van der Waals surface area (Å²) in [7, 11) is 0. The van der Waals surface area contributed by atoms with E-state index >= 15 is 0 Å². The molecular formula is C13H11ClN2O4S. The van der Waals surface area contributed by atoms with E-state index in [0.717, 1.165) is 0 Å². The van der Waals surface area contributed by atoms with E-state index in [-0.39, 0.29) is 17.8 Å². The number of aliphatic hydroxyl groups is 1. The number of carbonyl (C=O) groups excluding carboxylic acids is 1. The van der Waals surface area contributed by atoms with Gasteiger partial charge in [-0.3, -0.25) is 14.9 Å². The first-order valence-corrected chi connectivity index (χ1v) is 7.13. The summed E-state index contributed by atoms with van der Waals surface area (Å²) in [5.74, 6) is -0.486. The van der Waals surface area contributed by atoms with Gasteiger partial charge in [0, 0.05) is 29.1 Å². The molecule has 2 N–H and O–H groups in total. The number of thiophene rings is 1. The number of nitrogens with zero attached hydrogens (tertiary/aromatic N) is 1. The number of halogens is 1. The highest BCUT2D eigenvalue weighted by Crippen LogP contribution is 2.26. The van der Waals surface area contributed by atoms with Crippen LogP contribution >= 0.6 is 22.9 Å². The molecular weight excluding hydrogens is 316 g/mol. The molecule has 1 amide bonds. The minimum atomic E-state index is -0.870. The van der Waals surface area contributed by atoms with Gasteiger partial charge in [0.05, 0.1) is 9.26 Å². The zero-order chi connectivity index (χ0) is 15.4. The number of carbonyl (C=O) groups is 1. The lowest BCUT2D eigenvalue weighted by Gasteiger charge is -2.10. The van der Waals surface area contributed by atoms with E-state index in [0.29, 0.717) is 9.21 Å². The molecule has 0 unspecified atom stereocenters. The van der Waals surface area contributed by atoms with Crippen molar-refractivity contribution in [2.45, 2.75) is 6.10 Å².